The maximum atomic E-state index is 5.26. The van der Waals surface area contributed by atoms with Crippen molar-refractivity contribution >= 4 is 5.69 Å². The average molecular weight is 280 g/mol. The third kappa shape index (κ3) is 3.08. The summed E-state index contributed by atoms with van der Waals surface area (Å²) < 4.78 is 5.26. The molecule has 1 aromatic carbocycles. The van der Waals surface area contributed by atoms with Gasteiger partial charge >= 0.3 is 0 Å². The van der Waals surface area contributed by atoms with Crippen LogP contribution in [0.1, 0.15) is 17.0 Å². The Kier molecular flexibility index (Phi) is 3.64. The van der Waals surface area contributed by atoms with Gasteiger partial charge in [-0.15, -0.1) is 0 Å². The molecule has 0 spiro atoms. The molecule has 0 bridgehead atoms. The lowest BCUT2D eigenvalue weighted by molar-refractivity contribution is 0.384. The highest BCUT2D eigenvalue weighted by Crippen LogP contribution is 2.18. The predicted octanol–water partition coefficient (Wildman–Crippen LogP) is 3.36. The molecule has 0 saturated heterocycles. The SMILES string of the molecule is Cc1cnc(-c2noc(CNc3ccccc3)n2)c(C)c1. The number of hydrogen-bond acceptors (Lipinski definition) is 5. The van der Waals surface area contributed by atoms with E-state index in [1.54, 1.807) is 6.20 Å². The van der Waals surface area contributed by atoms with Crippen LogP contribution < -0.4 is 5.32 Å². The molecule has 1 N–H and O–H groups in total. The summed E-state index contributed by atoms with van der Waals surface area (Å²) in [5.41, 5.74) is 3.93. The van der Waals surface area contributed by atoms with Crippen LogP contribution in [0.3, 0.4) is 0 Å². The van der Waals surface area contributed by atoms with Crippen LogP contribution in [0.4, 0.5) is 5.69 Å². The minimum atomic E-state index is 0.488. The summed E-state index contributed by atoms with van der Waals surface area (Å²) in [5.74, 6) is 1.06. The maximum Gasteiger partial charge on any atom is 0.246 e. The fourth-order valence-electron chi connectivity index (χ4n) is 2.11. The minimum Gasteiger partial charge on any atom is -0.376 e. The predicted molar refractivity (Wildman–Crippen MR) is 80.8 cm³/mol. The number of hydrogen-bond donors (Lipinski definition) is 1. The Morgan fingerprint density at radius 1 is 1.14 bits per heavy atom. The number of pyridine rings is 1. The Morgan fingerprint density at radius 2 is 1.95 bits per heavy atom. The molecule has 0 aliphatic heterocycles. The molecule has 3 rings (SSSR count). The van der Waals surface area contributed by atoms with E-state index in [1.807, 2.05) is 44.2 Å². The van der Waals surface area contributed by atoms with Gasteiger partial charge in [-0.25, -0.2) is 0 Å². The molecule has 0 aliphatic rings. The molecule has 0 atom stereocenters. The van der Waals surface area contributed by atoms with Crippen LogP contribution in [0.2, 0.25) is 0 Å². The third-order valence-electron chi connectivity index (χ3n) is 3.11. The Balaban J connectivity index is 1.74. The number of benzene rings is 1. The number of nitrogens with zero attached hydrogens (tertiary/aromatic N) is 3. The highest BCUT2D eigenvalue weighted by atomic mass is 16.5. The highest BCUT2D eigenvalue weighted by molar-refractivity contribution is 5.54. The first kappa shape index (κ1) is 13.3. The van der Waals surface area contributed by atoms with Gasteiger partial charge in [0, 0.05) is 11.9 Å². The van der Waals surface area contributed by atoms with Gasteiger partial charge < -0.3 is 9.84 Å². The van der Waals surface area contributed by atoms with Crippen molar-refractivity contribution in [2.75, 3.05) is 5.32 Å². The molecular weight excluding hydrogens is 264 g/mol. The van der Waals surface area contributed by atoms with E-state index in [0.29, 0.717) is 18.3 Å². The fraction of sp³-hybridized carbons (Fsp3) is 0.188. The largest absolute Gasteiger partial charge is 0.376 e. The van der Waals surface area contributed by atoms with Crippen molar-refractivity contribution in [2.24, 2.45) is 0 Å². The molecule has 0 saturated carbocycles. The maximum absolute atomic E-state index is 5.26. The molecule has 0 fully saturated rings. The molecule has 2 heterocycles. The molecular formula is C16H16N4O. The number of nitrogens with one attached hydrogen (secondary N) is 1. The van der Waals surface area contributed by atoms with Crippen LogP contribution in [-0.4, -0.2) is 15.1 Å². The van der Waals surface area contributed by atoms with Gasteiger partial charge in [-0.05, 0) is 37.1 Å². The fourth-order valence-corrected chi connectivity index (χ4v) is 2.11. The molecule has 0 aliphatic carbocycles. The Morgan fingerprint density at radius 3 is 2.71 bits per heavy atom. The minimum absolute atomic E-state index is 0.488. The van der Waals surface area contributed by atoms with Crippen LogP contribution in [0.15, 0.2) is 47.1 Å². The van der Waals surface area contributed by atoms with Crippen molar-refractivity contribution in [2.45, 2.75) is 20.4 Å². The molecule has 5 heteroatoms. The number of aromatic nitrogens is 3. The highest BCUT2D eigenvalue weighted by Gasteiger charge is 2.12. The molecule has 0 radical (unpaired) electrons. The topological polar surface area (TPSA) is 63.8 Å². The zero-order chi connectivity index (χ0) is 14.7. The Bertz CT molecular complexity index is 737. The molecule has 0 amide bonds. The summed E-state index contributed by atoms with van der Waals surface area (Å²) in [6, 6.07) is 12.0. The summed E-state index contributed by atoms with van der Waals surface area (Å²) >= 11 is 0. The van der Waals surface area contributed by atoms with Crippen LogP contribution >= 0.6 is 0 Å². The van der Waals surface area contributed by atoms with Gasteiger partial charge in [-0.3, -0.25) is 4.98 Å². The van der Waals surface area contributed by atoms with E-state index in [0.717, 1.165) is 22.5 Å². The number of para-hydroxylation sites is 1. The van der Waals surface area contributed by atoms with Gasteiger partial charge in [-0.1, -0.05) is 29.4 Å². The van der Waals surface area contributed by atoms with Crippen LogP contribution in [0.25, 0.3) is 11.5 Å². The third-order valence-corrected chi connectivity index (χ3v) is 3.11. The smallest absolute Gasteiger partial charge is 0.246 e. The van der Waals surface area contributed by atoms with Crippen molar-refractivity contribution < 1.29 is 4.52 Å². The quantitative estimate of drug-likeness (QED) is 0.794. The molecule has 5 nitrogen and oxygen atoms in total. The van der Waals surface area contributed by atoms with E-state index in [2.05, 4.69) is 26.5 Å². The zero-order valence-electron chi connectivity index (χ0n) is 12.0. The summed E-state index contributed by atoms with van der Waals surface area (Å²) in [4.78, 5) is 8.76. The second-order valence-electron chi connectivity index (χ2n) is 4.91. The summed E-state index contributed by atoms with van der Waals surface area (Å²) in [7, 11) is 0. The van der Waals surface area contributed by atoms with Crippen LogP contribution in [0.5, 0.6) is 0 Å². The molecule has 3 aromatic rings. The Hall–Kier alpha value is -2.69. The standard InChI is InChI=1S/C16H16N4O/c1-11-8-12(2)15(18-9-11)16-19-14(21-20-16)10-17-13-6-4-3-5-7-13/h3-9,17H,10H2,1-2H3. The number of rotatable bonds is 4. The number of anilines is 1. The Labute approximate surface area is 123 Å². The van der Waals surface area contributed by atoms with Gasteiger partial charge in [0.25, 0.3) is 0 Å². The lowest BCUT2D eigenvalue weighted by atomic mass is 10.1. The van der Waals surface area contributed by atoms with E-state index in [4.69, 9.17) is 4.52 Å². The van der Waals surface area contributed by atoms with E-state index in [9.17, 15) is 0 Å². The molecule has 21 heavy (non-hydrogen) atoms. The van der Waals surface area contributed by atoms with E-state index < -0.39 is 0 Å². The van der Waals surface area contributed by atoms with Gasteiger partial charge in [0.15, 0.2) is 0 Å². The van der Waals surface area contributed by atoms with E-state index >= 15 is 0 Å². The number of aryl methyl sites for hydroxylation is 2. The van der Waals surface area contributed by atoms with E-state index in [-0.39, 0.29) is 0 Å². The van der Waals surface area contributed by atoms with E-state index in [1.165, 1.54) is 0 Å². The van der Waals surface area contributed by atoms with Crippen molar-refractivity contribution in [3.8, 4) is 11.5 Å². The molecule has 106 valence electrons. The second kappa shape index (κ2) is 5.75. The normalized spacial score (nSPS) is 10.6. The lowest BCUT2D eigenvalue weighted by Gasteiger charge is -2.01. The first-order valence-corrected chi connectivity index (χ1v) is 6.77. The van der Waals surface area contributed by atoms with Gasteiger partial charge in [0.05, 0.1) is 6.54 Å². The van der Waals surface area contributed by atoms with Gasteiger partial charge in [0.1, 0.15) is 5.69 Å². The summed E-state index contributed by atoms with van der Waals surface area (Å²) in [6.07, 6.45) is 1.81. The summed E-state index contributed by atoms with van der Waals surface area (Å²) in [6.45, 7) is 4.49. The summed E-state index contributed by atoms with van der Waals surface area (Å²) in [5, 5.41) is 7.23. The van der Waals surface area contributed by atoms with Crippen molar-refractivity contribution in [3.63, 3.8) is 0 Å². The molecule has 0 unspecified atom stereocenters. The van der Waals surface area contributed by atoms with Gasteiger partial charge in [0.2, 0.25) is 11.7 Å². The second-order valence-corrected chi connectivity index (χ2v) is 4.91. The van der Waals surface area contributed by atoms with Crippen LogP contribution in [-0.2, 0) is 6.54 Å². The molecule has 2 aromatic heterocycles. The van der Waals surface area contributed by atoms with Crippen LogP contribution in [0, 0.1) is 13.8 Å². The lowest BCUT2D eigenvalue weighted by Crippen LogP contribution is -1.99. The van der Waals surface area contributed by atoms with Crippen molar-refractivity contribution in [1.29, 1.82) is 0 Å². The first-order chi connectivity index (χ1) is 10.2. The average Bonchev–Trinajstić information content (AvgIpc) is 2.95. The monoisotopic (exact) mass is 280 g/mol. The first-order valence-electron chi connectivity index (χ1n) is 6.77. The van der Waals surface area contributed by atoms with Crippen molar-refractivity contribution in [1.82, 2.24) is 15.1 Å². The van der Waals surface area contributed by atoms with Gasteiger partial charge in [-0.2, -0.15) is 4.98 Å². The van der Waals surface area contributed by atoms with Crippen molar-refractivity contribution in [3.05, 3.63) is 59.6 Å². The zero-order valence-corrected chi connectivity index (χ0v) is 12.0.